The van der Waals surface area contributed by atoms with Crippen LogP contribution < -0.4 is 5.32 Å². The number of rotatable bonds is 5. The van der Waals surface area contributed by atoms with Crippen molar-refractivity contribution < 1.29 is 9.53 Å². The van der Waals surface area contributed by atoms with Crippen LogP contribution in [0.3, 0.4) is 0 Å². The van der Waals surface area contributed by atoms with E-state index in [-0.39, 0.29) is 6.09 Å². The Labute approximate surface area is 130 Å². The van der Waals surface area contributed by atoms with Gasteiger partial charge in [-0.3, -0.25) is 0 Å². The number of nitrogens with one attached hydrogen (secondary N) is 1. The van der Waals surface area contributed by atoms with Gasteiger partial charge in [-0.2, -0.15) is 11.8 Å². The monoisotopic (exact) mass is 305 g/mol. The molecule has 2 aliphatic heterocycles. The number of hydrogen-bond donors (Lipinski definition) is 1. The second-order valence-electron chi connectivity index (χ2n) is 6.07. The highest BCUT2D eigenvalue weighted by Gasteiger charge is 2.34. The summed E-state index contributed by atoms with van der Waals surface area (Å²) in [5, 5.41) is 4.66. The number of carbonyl (C=O) groups excluding carboxylic acids is 1. The van der Waals surface area contributed by atoms with Gasteiger partial charge >= 0.3 is 6.09 Å². The molecule has 2 bridgehead atoms. The minimum Gasteiger partial charge on any atom is -0.445 e. The summed E-state index contributed by atoms with van der Waals surface area (Å²) in [5.74, 6) is 0.790. The summed E-state index contributed by atoms with van der Waals surface area (Å²) >= 11 is 2.19. The molecule has 114 valence electrons. The van der Waals surface area contributed by atoms with Gasteiger partial charge in [-0.15, -0.1) is 0 Å². The summed E-state index contributed by atoms with van der Waals surface area (Å²) in [6.07, 6.45) is 6.26. The standard InChI is InChI=1S/C17H23NO2S/c19-17(20-12-13-4-2-1-3-5-13)18-9-8-14-10-15-6-7-16(11-14)21-15/h1-5,14-16H,6-12H2,(H,18,19). The van der Waals surface area contributed by atoms with Crippen molar-refractivity contribution in [3.05, 3.63) is 35.9 Å². The predicted molar refractivity (Wildman–Crippen MR) is 86.4 cm³/mol. The Balaban J connectivity index is 1.31. The Morgan fingerprint density at radius 3 is 2.62 bits per heavy atom. The smallest absolute Gasteiger partial charge is 0.407 e. The molecule has 4 heteroatoms. The van der Waals surface area contributed by atoms with Crippen LogP contribution in [0.4, 0.5) is 4.79 Å². The van der Waals surface area contributed by atoms with Crippen LogP contribution in [0.1, 0.15) is 37.7 Å². The number of benzene rings is 1. The molecule has 2 aliphatic rings. The van der Waals surface area contributed by atoms with E-state index in [9.17, 15) is 4.79 Å². The summed E-state index contributed by atoms with van der Waals surface area (Å²) in [7, 11) is 0. The maximum absolute atomic E-state index is 11.7. The molecule has 2 atom stereocenters. The molecule has 2 saturated heterocycles. The molecule has 1 amide bonds. The van der Waals surface area contributed by atoms with Gasteiger partial charge in [0.1, 0.15) is 6.61 Å². The number of fused-ring (bicyclic) bond motifs is 2. The van der Waals surface area contributed by atoms with Crippen LogP contribution in [0, 0.1) is 5.92 Å². The van der Waals surface area contributed by atoms with Crippen LogP contribution in [0.25, 0.3) is 0 Å². The first-order chi connectivity index (χ1) is 10.3. The van der Waals surface area contributed by atoms with E-state index in [0.717, 1.165) is 34.9 Å². The number of thioether (sulfide) groups is 1. The average molecular weight is 305 g/mol. The lowest BCUT2D eigenvalue weighted by molar-refractivity contribution is 0.139. The lowest BCUT2D eigenvalue weighted by Gasteiger charge is -2.27. The molecule has 2 fully saturated rings. The summed E-state index contributed by atoms with van der Waals surface area (Å²) in [4.78, 5) is 11.7. The van der Waals surface area contributed by atoms with Gasteiger partial charge in [0.05, 0.1) is 0 Å². The minimum absolute atomic E-state index is 0.299. The van der Waals surface area contributed by atoms with Crippen LogP contribution in [-0.2, 0) is 11.3 Å². The van der Waals surface area contributed by atoms with Gasteiger partial charge in [-0.25, -0.2) is 4.79 Å². The highest BCUT2D eigenvalue weighted by molar-refractivity contribution is 8.00. The van der Waals surface area contributed by atoms with Crippen molar-refractivity contribution in [2.75, 3.05) is 6.54 Å². The SMILES string of the molecule is O=C(NCCC1CC2CCC(C1)S2)OCc1ccccc1. The summed E-state index contributed by atoms with van der Waals surface area (Å²) < 4.78 is 5.22. The second kappa shape index (κ2) is 7.21. The molecule has 0 aliphatic carbocycles. The number of amides is 1. The molecule has 0 radical (unpaired) electrons. The van der Waals surface area contributed by atoms with Crippen molar-refractivity contribution in [2.45, 2.75) is 49.2 Å². The van der Waals surface area contributed by atoms with Crippen molar-refractivity contribution >= 4 is 17.9 Å². The van der Waals surface area contributed by atoms with Gasteiger partial charge in [0, 0.05) is 17.0 Å². The predicted octanol–water partition coefficient (Wildman–Crippen LogP) is 3.98. The Kier molecular flexibility index (Phi) is 5.07. The first-order valence-electron chi connectivity index (χ1n) is 7.89. The van der Waals surface area contributed by atoms with E-state index in [1.807, 2.05) is 30.3 Å². The van der Waals surface area contributed by atoms with Gasteiger partial charge in [-0.1, -0.05) is 30.3 Å². The van der Waals surface area contributed by atoms with E-state index < -0.39 is 0 Å². The van der Waals surface area contributed by atoms with E-state index in [4.69, 9.17) is 4.74 Å². The van der Waals surface area contributed by atoms with Crippen molar-refractivity contribution in [3.8, 4) is 0 Å². The quantitative estimate of drug-likeness (QED) is 0.894. The first kappa shape index (κ1) is 14.8. The molecule has 1 aromatic carbocycles. The summed E-state index contributed by atoms with van der Waals surface area (Å²) in [6.45, 7) is 1.08. The summed E-state index contributed by atoms with van der Waals surface area (Å²) in [6, 6.07) is 9.78. The fourth-order valence-electron chi connectivity index (χ4n) is 3.35. The summed E-state index contributed by atoms with van der Waals surface area (Å²) in [5.41, 5.74) is 1.02. The highest BCUT2D eigenvalue weighted by Crippen LogP contribution is 2.46. The number of ether oxygens (including phenoxy) is 1. The molecule has 1 aromatic rings. The largest absolute Gasteiger partial charge is 0.445 e. The van der Waals surface area contributed by atoms with Crippen molar-refractivity contribution in [2.24, 2.45) is 5.92 Å². The van der Waals surface area contributed by atoms with Gasteiger partial charge in [0.15, 0.2) is 0 Å². The third kappa shape index (κ3) is 4.40. The normalized spacial score (nSPS) is 27.3. The van der Waals surface area contributed by atoms with Crippen molar-refractivity contribution in [3.63, 3.8) is 0 Å². The highest BCUT2D eigenvalue weighted by atomic mass is 32.2. The fraction of sp³-hybridized carbons (Fsp3) is 0.588. The first-order valence-corrected chi connectivity index (χ1v) is 8.84. The molecule has 2 heterocycles. The Morgan fingerprint density at radius 2 is 1.90 bits per heavy atom. The number of carbonyl (C=O) groups is 1. The zero-order valence-corrected chi connectivity index (χ0v) is 13.1. The zero-order valence-electron chi connectivity index (χ0n) is 12.3. The van der Waals surface area contributed by atoms with Crippen LogP contribution in [0.5, 0.6) is 0 Å². The molecule has 0 spiro atoms. The fourth-order valence-corrected chi connectivity index (χ4v) is 5.21. The van der Waals surface area contributed by atoms with Crippen LogP contribution >= 0.6 is 11.8 Å². The zero-order chi connectivity index (χ0) is 14.5. The van der Waals surface area contributed by atoms with E-state index in [1.54, 1.807) is 0 Å². The molecule has 3 rings (SSSR count). The lowest BCUT2D eigenvalue weighted by Crippen LogP contribution is -2.28. The van der Waals surface area contributed by atoms with Crippen LogP contribution in [0.2, 0.25) is 0 Å². The topological polar surface area (TPSA) is 38.3 Å². The molecule has 21 heavy (non-hydrogen) atoms. The molecule has 0 aromatic heterocycles. The molecule has 3 nitrogen and oxygen atoms in total. The molecule has 1 N–H and O–H groups in total. The van der Waals surface area contributed by atoms with E-state index in [2.05, 4.69) is 17.1 Å². The third-order valence-electron chi connectivity index (χ3n) is 4.42. The second-order valence-corrected chi connectivity index (χ2v) is 7.68. The number of alkyl carbamates (subject to hydrolysis) is 1. The van der Waals surface area contributed by atoms with E-state index >= 15 is 0 Å². The Morgan fingerprint density at radius 1 is 1.19 bits per heavy atom. The Bertz CT molecular complexity index is 453. The molecular formula is C17H23NO2S. The molecular weight excluding hydrogens is 282 g/mol. The average Bonchev–Trinajstić information content (AvgIpc) is 2.85. The molecule has 0 saturated carbocycles. The number of hydrogen-bond acceptors (Lipinski definition) is 3. The van der Waals surface area contributed by atoms with Crippen LogP contribution in [0.15, 0.2) is 30.3 Å². The van der Waals surface area contributed by atoms with Gasteiger partial charge in [0.25, 0.3) is 0 Å². The Hall–Kier alpha value is -1.16. The van der Waals surface area contributed by atoms with E-state index in [0.29, 0.717) is 6.61 Å². The van der Waals surface area contributed by atoms with Gasteiger partial charge in [-0.05, 0) is 43.6 Å². The van der Waals surface area contributed by atoms with Gasteiger partial charge in [0.2, 0.25) is 0 Å². The molecule has 2 unspecified atom stereocenters. The van der Waals surface area contributed by atoms with Crippen molar-refractivity contribution in [1.29, 1.82) is 0 Å². The van der Waals surface area contributed by atoms with Crippen LogP contribution in [-0.4, -0.2) is 23.1 Å². The lowest BCUT2D eigenvalue weighted by atomic mass is 9.96. The van der Waals surface area contributed by atoms with Crippen molar-refractivity contribution in [1.82, 2.24) is 5.32 Å². The van der Waals surface area contributed by atoms with E-state index in [1.165, 1.54) is 25.7 Å². The van der Waals surface area contributed by atoms with Gasteiger partial charge < -0.3 is 10.1 Å². The minimum atomic E-state index is -0.299. The maximum Gasteiger partial charge on any atom is 0.407 e. The maximum atomic E-state index is 11.7. The third-order valence-corrected chi connectivity index (χ3v) is 6.05.